The van der Waals surface area contributed by atoms with Gasteiger partial charge in [-0.05, 0) is 65.9 Å². The molecule has 3 rings (SSSR count). The normalized spacial score (nSPS) is 10.8. The standard InChI is InChI=1S/C28H33NO4/c1-3-4-17-33-27-11-9-23(10-12-27)25-18-24(22-7-5-21(2)6-8-22)19-26(20-25)28(32)29(13-15-30)14-16-31/h5-12,18-20,30-31H,3-4,13-17H2,1-2H3. The molecule has 0 fully saturated rings. The highest BCUT2D eigenvalue weighted by molar-refractivity contribution is 5.97. The van der Waals surface area contributed by atoms with Crippen LogP contribution in [0, 0.1) is 6.92 Å². The summed E-state index contributed by atoms with van der Waals surface area (Å²) in [4.78, 5) is 14.7. The first-order valence-electron chi connectivity index (χ1n) is 11.5. The Labute approximate surface area is 196 Å². The van der Waals surface area contributed by atoms with Crippen molar-refractivity contribution in [3.8, 4) is 28.0 Å². The van der Waals surface area contributed by atoms with Gasteiger partial charge in [0.15, 0.2) is 0 Å². The number of carbonyl (C=O) groups excluding carboxylic acids is 1. The Morgan fingerprint density at radius 3 is 1.88 bits per heavy atom. The zero-order valence-electron chi connectivity index (χ0n) is 19.5. The third-order valence-corrected chi connectivity index (χ3v) is 5.55. The van der Waals surface area contributed by atoms with Crippen molar-refractivity contribution >= 4 is 5.91 Å². The predicted molar refractivity (Wildman–Crippen MR) is 133 cm³/mol. The van der Waals surface area contributed by atoms with Gasteiger partial charge in [-0.15, -0.1) is 0 Å². The largest absolute Gasteiger partial charge is 0.494 e. The molecular formula is C28H33NO4. The van der Waals surface area contributed by atoms with Gasteiger partial charge in [-0.1, -0.05) is 55.3 Å². The first-order valence-corrected chi connectivity index (χ1v) is 11.5. The number of carbonyl (C=O) groups is 1. The SMILES string of the molecule is CCCCOc1ccc(-c2cc(C(=O)N(CCO)CCO)cc(-c3ccc(C)cc3)c2)cc1. The quantitative estimate of drug-likeness (QED) is 0.409. The number of amides is 1. The predicted octanol–water partition coefficient (Wildman–Crippen LogP) is 4.93. The number of aliphatic hydroxyl groups is 2. The maximum absolute atomic E-state index is 13.2. The number of hydrogen-bond donors (Lipinski definition) is 2. The molecular weight excluding hydrogens is 414 g/mol. The lowest BCUT2D eigenvalue weighted by Gasteiger charge is -2.21. The first kappa shape index (κ1) is 24.5. The van der Waals surface area contributed by atoms with Crippen molar-refractivity contribution in [3.05, 3.63) is 77.9 Å². The van der Waals surface area contributed by atoms with Gasteiger partial charge < -0.3 is 19.8 Å². The molecule has 1 amide bonds. The van der Waals surface area contributed by atoms with Crippen LogP contribution in [0.5, 0.6) is 5.75 Å². The molecule has 0 atom stereocenters. The van der Waals surface area contributed by atoms with Crippen molar-refractivity contribution in [2.45, 2.75) is 26.7 Å². The number of aliphatic hydroxyl groups excluding tert-OH is 2. The Kier molecular flexibility index (Phi) is 9.04. The maximum atomic E-state index is 13.2. The molecule has 0 aliphatic rings. The van der Waals surface area contributed by atoms with Crippen LogP contribution in [0.25, 0.3) is 22.3 Å². The highest BCUT2D eigenvalue weighted by atomic mass is 16.5. The van der Waals surface area contributed by atoms with Crippen molar-refractivity contribution in [3.63, 3.8) is 0 Å². The van der Waals surface area contributed by atoms with Crippen molar-refractivity contribution in [2.24, 2.45) is 0 Å². The van der Waals surface area contributed by atoms with Crippen molar-refractivity contribution < 1.29 is 19.7 Å². The number of benzene rings is 3. The zero-order valence-corrected chi connectivity index (χ0v) is 19.5. The number of aryl methyl sites for hydroxylation is 1. The third-order valence-electron chi connectivity index (χ3n) is 5.55. The number of ether oxygens (including phenoxy) is 1. The van der Waals surface area contributed by atoms with E-state index in [0.29, 0.717) is 12.2 Å². The summed E-state index contributed by atoms with van der Waals surface area (Å²) in [6, 6.07) is 21.9. The zero-order chi connectivity index (χ0) is 23.6. The molecule has 0 spiro atoms. The molecule has 0 radical (unpaired) electrons. The molecule has 3 aromatic rings. The van der Waals surface area contributed by atoms with Crippen molar-refractivity contribution in [2.75, 3.05) is 32.9 Å². The summed E-state index contributed by atoms with van der Waals surface area (Å²) in [5, 5.41) is 18.7. The van der Waals surface area contributed by atoms with Crippen LogP contribution in [0.1, 0.15) is 35.7 Å². The van der Waals surface area contributed by atoms with E-state index in [1.807, 2.05) is 55.5 Å². The maximum Gasteiger partial charge on any atom is 0.254 e. The fraction of sp³-hybridized carbons (Fsp3) is 0.321. The number of nitrogens with zero attached hydrogens (tertiary/aromatic N) is 1. The van der Waals surface area contributed by atoms with E-state index in [1.54, 1.807) is 0 Å². The summed E-state index contributed by atoms with van der Waals surface area (Å²) in [5.74, 6) is 0.614. The molecule has 0 aliphatic carbocycles. The summed E-state index contributed by atoms with van der Waals surface area (Å²) in [6.07, 6.45) is 2.11. The van der Waals surface area contributed by atoms with Crippen molar-refractivity contribution in [1.29, 1.82) is 0 Å². The second-order valence-electron chi connectivity index (χ2n) is 8.13. The van der Waals surface area contributed by atoms with Crippen LogP contribution in [0.4, 0.5) is 0 Å². The molecule has 0 saturated carbocycles. The topological polar surface area (TPSA) is 70.0 Å². The Bertz CT molecular complexity index is 1020. The second-order valence-corrected chi connectivity index (χ2v) is 8.13. The molecule has 174 valence electrons. The van der Waals surface area contributed by atoms with Crippen LogP contribution >= 0.6 is 0 Å². The molecule has 5 nitrogen and oxygen atoms in total. The fourth-order valence-corrected chi connectivity index (χ4v) is 3.65. The summed E-state index contributed by atoms with van der Waals surface area (Å²) in [6.45, 7) is 4.91. The molecule has 0 aliphatic heterocycles. The van der Waals surface area contributed by atoms with E-state index in [0.717, 1.165) is 40.8 Å². The van der Waals surface area contributed by atoms with Gasteiger partial charge in [-0.2, -0.15) is 0 Å². The molecule has 0 unspecified atom stereocenters. The average Bonchev–Trinajstić information content (AvgIpc) is 2.84. The Morgan fingerprint density at radius 2 is 1.36 bits per heavy atom. The van der Waals surface area contributed by atoms with Gasteiger partial charge >= 0.3 is 0 Å². The minimum Gasteiger partial charge on any atom is -0.494 e. The Hall–Kier alpha value is -3.15. The molecule has 0 saturated heterocycles. The second kappa shape index (κ2) is 12.2. The first-order chi connectivity index (χ1) is 16.0. The third kappa shape index (κ3) is 6.67. The minimum atomic E-state index is -0.215. The van der Waals surface area contributed by atoms with Crippen LogP contribution in [0.3, 0.4) is 0 Å². The lowest BCUT2D eigenvalue weighted by Crippen LogP contribution is -2.35. The van der Waals surface area contributed by atoms with E-state index in [9.17, 15) is 15.0 Å². The van der Waals surface area contributed by atoms with Crippen molar-refractivity contribution in [1.82, 2.24) is 4.90 Å². The fourth-order valence-electron chi connectivity index (χ4n) is 3.65. The van der Waals surface area contributed by atoms with Gasteiger partial charge in [-0.3, -0.25) is 4.79 Å². The number of rotatable bonds is 11. The van der Waals surface area contributed by atoms with Crippen LogP contribution in [0.15, 0.2) is 66.7 Å². The van der Waals surface area contributed by atoms with E-state index in [1.165, 1.54) is 10.5 Å². The summed E-state index contributed by atoms with van der Waals surface area (Å²) < 4.78 is 5.78. The van der Waals surface area contributed by atoms with Crippen LogP contribution in [-0.2, 0) is 0 Å². The molecule has 5 heteroatoms. The van der Waals surface area contributed by atoms with Gasteiger partial charge in [0, 0.05) is 18.7 Å². The highest BCUT2D eigenvalue weighted by Crippen LogP contribution is 2.30. The summed E-state index contributed by atoms with van der Waals surface area (Å²) in [5.41, 5.74) is 5.55. The molecule has 2 N–H and O–H groups in total. The average molecular weight is 448 g/mol. The van der Waals surface area contributed by atoms with E-state index in [4.69, 9.17) is 4.74 Å². The summed E-state index contributed by atoms with van der Waals surface area (Å²) in [7, 11) is 0. The van der Waals surface area contributed by atoms with E-state index < -0.39 is 0 Å². The van der Waals surface area contributed by atoms with E-state index in [2.05, 4.69) is 25.1 Å². The number of unbranched alkanes of at least 4 members (excludes halogenated alkanes) is 1. The number of hydrogen-bond acceptors (Lipinski definition) is 4. The van der Waals surface area contributed by atoms with E-state index in [-0.39, 0.29) is 32.2 Å². The smallest absolute Gasteiger partial charge is 0.254 e. The summed E-state index contributed by atoms with van der Waals surface area (Å²) >= 11 is 0. The van der Waals surface area contributed by atoms with Gasteiger partial charge in [0.2, 0.25) is 0 Å². The lowest BCUT2D eigenvalue weighted by atomic mass is 9.95. The monoisotopic (exact) mass is 447 g/mol. The Balaban J connectivity index is 2.00. The van der Waals surface area contributed by atoms with Crippen LogP contribution in [0.2, 0.25) is 0 Å². The minimum absolute atomic E-state index is 0.157. The molecule has 0 heterocycles. The lowest BCUT2D eigenvalue weighted by molar-refractivity contribution is 0.0685. The van der Waals surface area contributed by atoms with Gasteiger partial charge in [0.25, 0.3) is 5.91 Å². The van der Waals surface area contributed by atoms with Gasteiger partial charge in [-0.25, -0.2) is 0 Å². The van der Waals surface area contributed by atoms with Crippen LogP contribution < -0.4 is 4.74 Å². The van der Waals surface area contributed by atoms with Gasteiger partial charge in [0.1, 0.15) is 5.75 Å². The molecule has 3 aromatic carbocycles. The Morgan fingerprint density at radius 1 is 0.818 bits per heavy atom. The van der Waals surface area contributed by atoms with Gasteiger partial charge in [0.05, 0.1) is 19.8 Å². The molecule has 0 aromatic heterocycles. The molecule has 33 heavy (non-hydrogen) atoms. The highest BCUT2D eigenvalue weighted by Gasteiger charge is 2.17. The molecule has 0 bridgehead atoms. The van der Waals surface area contributed by atoms with Crippen LogP contribution in [-0.4, -0.2) is 53.9 Å². The van der Waals surface area contributed by atoms with E-state index >= 15 is 0 Å².